The number of rotatable bonds is 5. The van der Waals surface area contributed by atoms with E-state index in [4.69, 9.17) is 10.2 Å². The number of imide groups is 1. The predicted octanol–water partition coefficient (Wildman–Crippen LogP) is -2.90. The fraction of sp³-hybridized carbons (Fsp3) is 0.500. The number of carbonyl (C=O) groups is 4. The second kappa shape index (κ2) is 5.25. The summed E-state index contributed by atoms with van der Waals surface area (Å²) < 4.78 is 0. The van der Waals surface area contributed by atoms with E-state index < -0.39 is 43.0 Å². The number of aliphatic carboxylic acids is 1. The van der Waals surface area contributed by atoms with Crippen molar-refractivity contribution in [3.8, 4) is 0 Å². The number of carboxylic acids is 1. The SMILES string of the molecule is O=C(CN1C(=O)CNC1=O)N[C@@H](CO)C(=O)O. The predicted molar refractivity (Wildman–Crippen MR) is 51.8 cm³/mol. The maximum atomic E-state index is 11.3. The van der Waals surface area contributed by atoms with Crippen LogP contribution in [0.5, 0.6) is 0 Å². The Balaban J connectivity index is 2.52. The van der Waals surface area contributed by atoms with Gasteiger partial charge >= 0.3 is 12.0 Å². The van der Waals surface area contributed by atoms with Crippen LogP contribution in [0.25, 0.3) is 0 Å². The van der Waals surface area contributed by atoms with Gasteiger partial charge in [-0.15, -0.1) is 0 Å². The Labute approximate surface area is 95.4 Å². The lowest BCUT2D eigenvalue weighted by atomic mass is 10.3. The largest absolute Gasteiger partial charge is 0.480 e. The van der Waals surface area contributed by atoms with Gasteiger partial charge in [0, 0.05) is 0 Å². The number of amides is 4. The molecule has 4 N–H and O–H groups in total. The van der Waals surface area contributed by atoms with Gasteiger partial charge in [0.1, 0.15) is 12.6 Å². The van der Waals surface area contributed by atoms with Crippen molar-refractivity contribution in [2.24, 2.45) is 0 Å². The first-order valence-electron chi connectivity index (χ1n) is 4.67. The summed E-state index contributed by atoms with van der Waals surface area (Å²) in [6, 6.07) is -2.16. The number of carboxylic acid groups (broad SMARTS) is 1. The topological polar surface area (TPSA) is 136 Å². The van der Waals surface area contributed by atoms with Crippen molar-refractivity contribution < 1.29 is 29.4 Å². The lowest BCUT2D eigenvalue weighted by Gasteiger charge is -2.15. The normalized spacial score (nSPS) is 16.6. The highest BCUT2D eigenvalue weighted by Gasteiger charge is 2.31. The Morgan fingerprint density at radius 1 is 1.47 bits per heavy atom. The number of urea groups is 1. The minimum atomic E-state index is -1.46. The van der Waals surface area contributed by atoms with Gasteiger partial charge in [-0.25, -0.2) is 9.59 Å². The molecule has 1 saturated heterocycles. The molecule has 1 fully saturated rings. The Morgan fingerprint density at radius 2 is 2.12 bits per heavy atom. The van der Waals surface area contributed by atoms with Crippen molar-refractivity contribution in [1.82, 2.24) is 15.5 Å². The molecule has 0 saturated carbocycles. The summed E-state index contributed by atoms with van der Waals surface area (Å²) in [5, 5.41) is 21.4. The van der Waals surface area contributed by atoms with Crippen molar-refractivity contribution >= 4 is 23.8 Å². The van der Waals surface area contributed by atoms with Crippen LogP contribution in [0, 0.1) is 0 Å². The third-order valence-electron chi connectivity index (χ3n) is 2.05. The van der Waals surface area contributed by atoms with Crippen LogP contribution in [0.3, 0.4) is 0 Å². The molecular weight excluding hydrogens is 234 g/mol. The number of aliphatic hydroxyl groups excluding tert-OH is 1. The zero-order valence-corrected chi connectivity index (χ0v) is 8.67. The van der Waals surface area contributed by atoms with Crippen molar-refractivity contribution in [2.45, 2.75) is 6.04 Å². The second-order valence-corrected chi connectivity index (χ2v) is 3.28. The monoisotopic (exact) mass is 245 g/mol. The molecule has 9 heteroatoms. The molecule has 0 spiro atoms. The van der Waals surface area contributed by atoms with E-state index in [2.05, 4.69) is 5.32 Å². The average Bonchev–Trinajstić information content (AvgIpc) is 2.57. The Morgan fingerprint density at radius 3 is 2.53 bits per heavy atom. The Kier molecular flexibility index (Phi) is 3.99. The molecule has 0 aromatic rings. The van der Waals surface area contributed by atoms with Gasteiger partial charge < -0.3 is 20.8 Å². The highest BCUT2D eigenvalue weighted by atomic mass is 16.4. The quantitative estimate of drug-likeness (QED) is 0.383. The molecule has 0 radical (unpaired) electrons. The minimum Gasteiger partial charge on any atom is -0.480 e. The second-order valence-electron chi connectivity index (χ2n) is 3.28. The summed E-state index contributed by atoms with van der Waals surface area (Å²) in [6.07, 6.45) is 0. The number of hydrogen-bond acceptors (Lipinski definition) is 5. The average molecular weight is 245 g/mol. The molecule has 1 aliphatic rings. The number of carbonyl (C=O) groups excluding carboxylic acids is 3. The zero-order chi connectivity index (χ0) is 13.0. The number of nitrogens with one attached hydrogen (secondary N) is 2. The first kappa shape index (κ1) is 12.9. The molecule has 0 bridgehead atoms. The first-order chi connectivity index (χ1) is 7.95. The van der Waals surface area contributed by atoms with Crippen LogP contribution in [-0.2, 0) is 14.4 Å². The molecule has 0 aliphatic carbocycles. The maximum Gasteiger partial charge on any atom is 0.328 e. The molecule has 1 heterocycles. The number of hydrogen-bond donors (Lipinski definition) is 4. The Hall–Kier alpha value is -2.16. The molecule has 1 atom stereocenters. The van der Waals surface area contributed by atoms with Crippen LogP contribution in [-0.4, -0.2) is 64.7 Å². The van der Waals surface area contributed by atoms with Gasteiger partial charge in [-0.3, -0.25) is 14.5 Å². The minimum absolute atomic E-state index is 0.186. The third kappa shape index (κ3) is 3.14. The van der Waals surface area contributed by atoms with Gasteiger partial charge in [0.25, 0.3) is 5.91 Å². The van der Waals surface area contributed by atoms with E-state index >= 15 is 0 Å². The van der Waals surface area contributed by atoms with Crippen molar-refractivity contribution in [2.75, 3.05) is 19.7 Å². The first-order valence-corrected chi connectivity index (χ1v) is 4.67. The van der Waals surface area contributed by atoms with E-state index in [1.165, 1.54) is 0 Å². The fourth-order valence-electron chi connectivity index (χ4n) is 1.18. The highest BCUT2D eigenvalue weighted by Crippen LogP contribution is 1.98. The third-order valence-corrected chi connectivity index (χ3v) is 2.05. The van der Waals surface area contributed by atoms with Crippen molar-refractivity contribution in [3.05, 3.63) is 0 Å². The smallest absolute Gasteiger partial charge is 0.328 e. The summed E-state index contributed by atoms with van der Waals surface area (Å²) in [7, 11) is 0. The van der Waals surface area contributed by atoms with E-state index in [0.717, 1.165) is 0 Å². The molecule has 0 unspecified atom stereocenters. The van der Waals surface area contributed by atoms with Crippen molar-refractivity contribution in [1.29, 1.82) is 0 Å². The standard InChI is InChI=1S/C8H11N3O6/c12-3-4(7(15)16)10-5(13)2-11-6(14)1-9-8(11)17/h4,12H,1-3H2,(H,9,17)(H,10,13)(H,15,16)/t4-/m0/s1. The van der Waals surface area contributed by atoms with Crippen LogP contribution in [0.2, 0.25) is 0 Å². The number of nitrogens with zero attached hydrogens (tertiary/aromatic N) is 1. The molecule has 94 valence electrons. The molecular formula is C8H11N3O6. The summed E-state index contributed by atoms with van der Waals surface area (Å²) in [4.78, 5) is 44.6. The van der Waals surface area contributed by atoms with E-state index in [1.54, 1.807) is 0 Å². The molecule has 0 aromatic carbocycles. The molecule has 17 heavy (non-hydrogen) atoms. The van der Waals surface area contributed by atoms with E-state index in [9.17, 15) is 19.2 Å². The molecule has 9 nitrogen and oxygen atoms in total. The fourth-order valence-corrected chi connectivity index (χ4v) is 1.18. The summed E-state index contributed by atoms with van der Waals surface area (Å²) in [5.41, 5.74) is 0. The lowest BCUT2D eigenvalue weighted by Crippen LogP contribution is -2.48. The van der Waals surface area contributed by atoms with Crippen LogP contribution in [0.1, 0.15) is 0 Å². The molecule has 1 rings (SSSR count). The molecule has 1 aliphatic heterocycles. The van der Waals surface area contributed by atoms with Gasteiger partial charge in [-0.2, -0.15) is 0 Å². The van der Waals surface area contributed by atoms with Crippen LogP contribution < -0.4 is 10.6 Å². The maximum absolute atomic E-state index is 11.3. The van der Waals surface area contributed by atoms with Crippen LogP contribution in [0.15, 0.2) is 0 Å². The van der Waals surface area contributed by atoms with E-state index in [1.807, 2.05) is 5.32 Å². The molecule has 0 aromatic heterocycles. The van der Waals surface area contributed by atoms with Gasteiger partial charge in [0.2, 0.25) is 5.91 Å². The van der Waals surface area contributed by atoms with Gasteiger partial charge in [0.05, 0.1) is 13.2 Å². The van der Waals surface area contributed by atoms with Gasteiger partial charge in [0.15, 0.2) is 0 Å². The summed E-state index contributed by atoms with van der Waals surface area (Å²) >= 11 is 0. The Bertz CT molecular complexity index is 352. The van der Waals surface area contributed by atoms with E-state index in [0.29, 0.717) is 4.90 Å². The lowest BCUT2D eigenvalue weighted by molar-refractivity contribution is -0.143. The zero-order valence-electron chi connectivity index (χ0n) is 8.67. The van der Waals surface area contributed by atoms with Crippen LogP contribution in [0.4, 0.5) is 4.79 Å². The van der Waals surface area contributed by atoms with Crippen molar-refractivity contribution in [3.63, 3.8) is 0 Å². The molecule has 4 amide bonds. The van der Waals surface area contributed by atoms with E-state index in [-0.39, 0.29) is 6.54 Å². The van der Waals surface area contributed by atoms with Crippen LogP contribution >= 0.6 is 0 Å². The van der Waals surface area contributed by atoms with Gasteiger partial charge in [-0.1, -0.05) is 0 Å². The number of aliphatic hydroxyl groups is 1. The summed E-state index contributed by atoms with van der Waals surface area (Å²) in [6.45, 7) is -1.54. The summed E-state index contributed by atoms with van der Waals surface area (Å²) in [5.74, 6) is -2.81. The van der Waals surface area contributed by atoms with Gasteiger partial charge in [-0.05, 0) is 0 Å². The highest BCUT2D eigenvalue weighted by molar-refractivity contribution is 6.04.